The highest BCUT2D eigenvalue weighted by Gasteiger charge is 2.10. The number of nitrogen functional groups attached to an aromatic ring is 1. The van der Waals surface area contributed by atoms with Gasteiger partial charge in [0.2, 0.25) is 5.95 Å². The second-order valence-electron chi connectivity index (χ2n) is 5.51. The standard InChI is InChI=1S/C18H24N4O2/c1-3-4-5-6-11-24-14-9-7-13(8-10-14)15-12-16(17(23)20-2)22-18(19)21-15/h7-10,12H,3-6,11H2,1-2H3,(H,20,23)(H2,19,21,22). The molecule has 0 saturated heterocycles. The van der Waals surface area contributed by atoms with Crippen molar-refractivity contribution in [1.29, 1.82) is 0 Å². The molecule has 128 valence electrons. The van der Waals surface area contributed by atoms with Crippen LogP contribution in [0.2, 0.25) is 0 Å². The van der Waals surface area contributed by atoms with Crippen molar-refractivity contribution in [3.05, 3.63) is 36.0 Å². The van der Waals surface area contributed by atoms with E-state index in [1.54, 1.807) is 13.1 Å². The number of carbonyl (C=O) groups is 1. The molecule has 1 heterocycles. The lowest BCUT2D eigenvalue weighted by Gasteiger charge is -2.08. The highest BCUT2D eigenvalue weighted by Crippen LogP contribution is 2.22. The summed E-state index contributed by atoms with van der Waals surface area (Å²) in [5, 5.41) is 2.53. The van der Waals surface area contributed by atoms with Crippen molar-refractivity contribution in [3.8, 4) is 17.0 Å². The Morgan fingerprint density at radius 3 is 2.58 bits per heavy atom. The normalized spacial score (nSPS) is 10.4. The molecule has 0 bridgehead atoms. The first-order valence-corrected chi connectivity index (χ1v) is 8.24. The molecule has 0 aliphatic carbocycles. The maximum Gasteiger partial charge on any atom is 0.269 e. The van der Waals surface area contributed by atoms with Crippen molar-refractivity contribution in [1.82, 2.24) is 15.3 Å². The van der Waals surface area contributed by atoms with E-state index in [1.807, 2.05) is 24.3 Å². The molecule has 6 heteroatoms. The quantitative estimate of drug-likeness (QED) is 0.727. The maximum atomic E-state index is 11.7. The van der Waals surface area contributed by atoms with E-state index >= 15 is 0 Å². The van der Waals surface area contributed by atoms with Crippen LogP contribution in [0.15, 0.2) is 30.3 Å². The lowest BCUT2D eigenvalue weighted by Crippen LogP contribution is -2.20. The number of rotatable bonds is 8. The van der Waals surface area contributed by atoms with Crippen LogP contribution in [-0.2, 0) is 0 Å². The fourth-order valence-corrected chi connectivity index (χ4v) is 2.30. The monoisotopic (exact) mass is 328 g/mol. The lowest BCUT2D eigenvalue weighted by molar-refractivity contribution is 0.0958. The summed E-state index contributed by atoms with van der Waals surface area (Å²) in [5.41, 5.74) is 7.41. The summed E-state index contributed by atoms with van der Waals surface area (Å²) in [6.07, 6.45) is 4.71. The molecule has 6 nitrogen and oxygen atoms in total. The first-order chi connectivity index (χ1) is 11.6. The first kappa shape index (κ1) is 17.7. The Hall–Kier alpha value is -2.63. The van der Waals surface area contributed by atoms with Gasteiger partial charge in [0, 0.05) is 12.6 Å². The Morgan fingerprint density at radius 2 is 1.92 bits per heavy atom. The number of nitrogens with two attached hydrogens (primary N) is 1. The molecule has 0 aliphatic heterocycles. The molecule has 0 unspecified atom stereocenters. The molecule has 0 radical (unpaired) electrons. The largest absolute Gasteiger partial charge is 0.494 e. The number of ether oxygens (including phenoxy) is 1. The van der Waals surface area contributed by atoms with Crippen LogP contribution >= 0.6 is 0 Å². The van der Waals surface area contributed by atoms with Gasteiger partial charge in [0.1, 0.15) is 11.4 Å². The minimum atomic E-state index is -0.294. The van der Waals surface area contributed by atoms with E-state index in [4.69, 9.17) is 10.5 Å². The highest BCUT2D eigenvalue weighted by molar-refractivity contribution is 5.93. The Labute approximate surface area is 142 Å². The van der Waals surface area contributed by atoms with Crippen LogP contribution < -0.4 is 15.8 Å². The van der Waals surface area contributed by atoms with Crippen molar-refractivity contribution < 1.29 is 9.53 Å². The van der Waals surface area contributed by atoms with E-state index < -0.39 is 0 Å². The van der Waals surface area contributed by atoms with Crippen LogP contribution in [-0.4, -0.2) is 29.5 Å². The average Bonchev–Trinajstić information content (AvgIpc) is 2.61. The summed E-state index contributed by atoms with van der Waals surface area (Å²) in [6, 6.07) is 9.21. The molecule has 0 atom stereocenters. The molecule has 2 rings (SSSR count). The van der Waals surface area contributed by atoms with Gasteiger partial charge in [-0.25, -0.2) is 9.97 Å². The van der Waals surface area contributed by atoms with Crippen LogP contribution in [0.4, 0.5) is 5.95 Å². The van der Waals surface area contributed by atoms with Gasteiger partial charge in [-0.3, -0.25) is 4.79 Å². The number of aromatic nitrogens is 2. The van der Waals surface area contributed by atoms with Crippen LogP contribution in [0, 0.1) is 0 Å². The van der Waals surface area contributed by atoms with Gasteiger partial charge >= 0.3 is 0 Å². The molecule has 1 aromatic carbocycles. The summed E-state index contributed by atoms with van der Waals surface area (Å²) >= 11 is 0. The lowest BCUT2D eigenvalue weighted by atomic mass is 10.1. The number of nitrogens with one attached hydrogen (secondary N) is 1. The van der Waals surface area contributed by atoms with Crippen molar-refractivity contribution in [2.45, 2.75) is 32.6 Å². The number of amides is 1. The maximum absolute atomic E-state index is 11.7. The fourth-order valence-electron chi connectivity index (χ4n) is 2.30. The Bertz CT molecular complexity index is 671. The Morgan fingerprint density at radius 1 is 1.17 bits per heavy atom. The number of unbranched alkanes of at least 4 members (excludes halogenated alkanes) is 3. The summed E-state index contributed by atoms with van der Waals surface area (Å²) in [4.78, 5) is 19.9. The van der Waals surface area contributed by atoms with E-state index in [2.05, 4.69) is 22.2 Å². The van der Waals surface area contributed by atoms with Gasteiger partial charge in [-0.15, -0.1) is 0 Å². The fraction of sp³-hybridized carbons (Fsp3) is 0.389. The van der Waals surface area contributed by atoms with E-state index in [0.29, 0.717) is 5.69 Å². The minimum Gasteiger partial charge on any atom is -0.494 e. The number of anilines is 1. The highest BCUT2D eigenvalue weighted by atomic mass is 16.5. The summed E-state index contributed by atoms with van der Waals surface area (Å²) < 4.78 is 5.72. The van der Waals surface area contributed by atoms with Gasteiger partial charge < -0.3 is 15.8 Å². The summed E-state index contributed by atoms with van der Waals surface area (Å²) in [5.74, 6) is 0.600. The number of hydrogen-bond acceptors (Lipinski definition) is 5. The molecule has 3 N–H and O–H groups in total. The average molecular weight is 328 g/mol. The molecule has 0 aliphatic rings. The zero-order valence-electron chi connectivity index (χ0n) is 14.2. The molecule has 24 heavy (non-hydrogen) atoms. The molecule has 1 amide bonds. The number of benzene rings is 1. The second-order valence-corrected chi connectivity index (χ2v) is 5.51. The van der Waals surface area contributed by atoms with Crippen molar-refractivity contribution >= 4 is 11.9 Å². The third-order valence-corrected chi connectivity index (χ3v) is 3.62. The molecule has 2 aromatic rings. The zero-order chi connectivity index (χ0) is 17.4. The molecule has 0 spiro atoms. The Kier molecular flexibility index (Phi) is 6.54. The number of hydrogen-bond donors (Lipinski definition) is 2. The smallest absolute Gasteiger partial charge is 0.269 e. The third-order valence-electron chi connectivity index (χ3n) is 3.62. The van der Waals surface area contributed by atoms with E-state index in [9.17, 15) is 4.79 Å². The zero-order valence-corrected chi connectivity index (χ0v) is 14.2. The van der Waals surface area contributed by atoms with Gasteiger partial charge in [-0.05, 0) is 36.8 Å². The third kappa shape index (κ3) is 4.94. The minimum absolute atomic E-state index is 0.0716. The van der Waals surface area contributed by atoms with E-state index in [-0.39, 0.29) is 17.5 Å². The van der Waals surface area contributed by atoms with Gasteiger partial charge in [-0.1, -0.05) is 26.2 Å². The van der Waals surface area contributed by atoms with E-state index in [0.717, 1.165) is 24.3 Å². The molecular formula is C18H24N4O2. The van der Waals surface area contributed by atoms with E-state index in [1.165, 1.54) is 19.3 Å². The van der Waals surface area contributed by atoms with Gasteiger partial charge in [0.15, 0.2) is 0 Å². The molecule has 0 saturated carbocycles. The van der Waals surface area contributed by atoms with Crippen LogP contribution in [0.1, 0.15) is 43.1 Å². The number of carbonyl (C=O) groups excluding carboxylic acids is 1. The van der Waals surface area contributed by atoms with Crippen LogP contribution in [0.3, 0.4) is 0 Å². The van der Waals surface area contributed by atoms with Crippen molar-refractivity contribution in [2.24, 2.45) is 0 Å². The molecule has 1 aromatic heterocycles. The van der Waals surface area contributed by atoms with Gasteiger partial charge in [-0.2, -0.15) is 0 Å². The van der Waals surface area contributed by atoms with Crippen LogP contribution in [0.25, 0.3) is 11.3 Å². The second kappa shape index (κ2) is 8.86. The Balaban J connectivity index is 2.05. The number of nitrogens with zero attached hydrogens (tertiary/aromatic N) is 2. The molecular weight excluding hydrogens is 304 g/mol. The summed E-state index contributed by atoms with van der Waals surface area (Å²) in [6.45, 7) is 2.91. The van der Waals surface area contributed by atoms with Crippen LogP contribution in [0.5, 0.6) is 5.75 Å². The summed E-state index contributed by atoms with van der Waals surface area (Å²) in [7, 11) is 1.55. The van der Waals surface area contributed by atoms with Gasteiger partial charge in [0.05, 0.1) is 12.3 Å². The van der Waals surface area contributed by atoms with Crippen molar-refractivity contribution in [2.75, 3.05) is 19.4 Å². The van der Waals surface area contributed by atoms with Gasteiger partial charge in [0.25, 0.3) is 5.91 Å². The SMILES string of the molecule is CCCCCCOc1ccc(-c2cc(C(=O)NC)nc(N)n2)cc1. The predicted molar refractivity (Wildman–Crippen MR) is 94.9 cm³/mol. The first-order valence-electron chi connectivity index (χ1n) is 8.24. The predicted octanol–water partition coefficient (Wildman–Crippen LogP) is 3.04. The molecule has 0 fully saturated rings. The topological polar surface area (TPSA) is 90.1 Å². The van der Waals surface area contributed by atoms with Crippen molar-refractivity contribution in [3.63, 3.8) is 0 Å².